The molecule has 5 nitrogen and oxygen atoms in total. The molecule has 0 bridgehead atoms. The van der Waals surface area contributed by atoms with Crippen molar-refractivity contribution in [3.8, 4) is 0 Å². The van der Waals surface area contributed by atoms with Crippen molar-refractivity contribution < 1.29 is 9.59 Å². The van der Waals surface area contributed by atoms with E-state index >= 15 is 0 Å². The lowest BCUT2D eigenvalue weighted by molar-refractivity contribution is -0.135. The largest absolute Gasteiger partial charge is 0.351 e. The van der Waals surface area contributed by atoms with Gasteiger partial charge in [0.25, 0.3) is 0 Å². The molecule has 0 aromatic heterocycles. The lowest BCUT2D eigenvalue weighted by Crippen LogP contribution is -2.51. The number of likely N-dealkylation sites (tertiary alicyclic amines) is 1. The van der Waals surface area contributed by atoms with Gasteiger partial charge in [-0.05, 0) is 31.6 Å². The van der Waals surface area contributed by atoms with Gasteiger partial charge in [0.2, 0.25) is 11.8 Å². The first-order valence-electron chi connectivity index (χ1n) is 7.27. The first-order chi connectivity index (χ1) is 8.97. The molecule has 19 heavy (non-hydrogen) atoms. The minimum Gasteiger partial charge on any atom is -0.351 e. The van der Waals surface area contributed by atoms with Gasteiger partial charge in [-0.3, -0.25) is 9.59 Å². The fourth-order valence-electron chi connectivity index (χ4n) is 3.16. The van der Waals surface area contributed by atoms with Gasteiger partial charge in [-0.15, -0.1) is 0 Å². The van der Waals surface area contributed by atoms with Crippen LogP contribution in [0.5, 0.6) is 0 Å². The molecule has 1 saturated heterocycles. The zero-order chi connectivity index (χ0) is 14.0. The summed E-state index contributed by atoms with van der Waals surface area (Å²) in [5, 5.41) is 3.10. The molecule has 1 heterocycles. The molecule has 2 amide bonds. The number of hydrogen-bond acceptors (Lipinski definition) is 3. The van der Waals surface area contributed by atoms with Gasteiger partial charge in [-0.25, -0.2) is 0 Å². The Morgan fingerprint density at radius 2 is 2.11 bits per heavy atom. The monoisotopic (exact) mass is 267 g/mol. The summed E-state index contributed by atoms with van der Waals surface area (Å²) in [6, 6.07) is 0.253. The third-order valence-corrected chi connectivity index (χ3v) is 4.55. The maximum absolute atomic E-state index is 12.3. The summed E-state index contributed by atoms with van der Waals surface area (Å²) < 4.78 is 0. The van der Waals surface area contributed by atoms with Gasteiger partial charge in [0.05, 0.1) is 0 Å². The van der Waals surface area contributed by atoms with Crippen molar-refractivity contribution in [3.05, 3.63) is 0 Å². The van der Waals surface area contributed by atoms with Gasteiger partial charge < -0.3 is 16.0 Å². The van der Waals surface area contributed by atoms with Crippen LogP contribution in [0.25, 0.3) is 0 Å². The number of rotatable bonds is 2. The average Bonchev–Trinajstić information content (AvgIpc) is 2.36. The molecular weight excluding hydrogens is 242 g/mol. The molecule has 1 saturated carbocycles. The minimum atomic E-state index is 0.0340. The van der Waals surface area contributed by atoms with E-state index in [0.29, 0.717) is 18.9 Å². The highest BCUT2D eigenvalue weighted by molar-refractivity contribution is 5.80. The van der Waals surface area contributed by atoms with Gasteiger partial charge in [-0.1, -0.05) is 6.92 Å². The molecule has 0 radical (unpaired) electrons. The quantitative estimate of drug-likeness (QED) is 0.764. The second kappa shape index (κ2) is 5.90. The highest BCUT2D eigenvalue weighted by atomic mass is 16.2. The topological polar surface area (TPSA) is 75.4 Å². The lowest BCUT2D eigenvalue weighted by atomic mass is 9.77. The molecule has 0 aromatic rings. The Balaban J connectivity index is 1.88. The molecule has 1 aliphatic heterocycles. The van der Waals surface area contributed by atoms with Crippen molar-refractivity contribution in [2.24, 2.45) is 17.6 Å². The van der Waals surface area contributed by atoms with Crippen molar-refractivity contribution in [3.63, 3.8) is 0 Å². The van der Waals surface area contributed by atoms with E-state index in [4.69, 9.17) is 5.73 Å². The number of hydrogen-bond donors (Lipinski definition) is 2. The van der Waals surface area contributed by atoms with E-state index in [1.807, 2.05) is 0 Å². The molecule has 4 unspecified atom stereocenters. The van der Waals surface area contributed by atoms with Crippen molar-refractivity contribution in [2.45, 2.75) is 51.1 Å². The van der Waals surface area contributed by atoms with Crippen LogP contribution >= 0.6 is 0 Å². The Labute approximate surface area is 114 Å². The van der Waals surface area contributed by atoms with E-state index in [1.54, 1.807) is 11.9 Å². The molecule has 4 atom stereocenters. The van der Waals surface area contributed by atoms with E-state index in [1.165, 1.54) is 0 Å². The second-order valence-corrected chi connectivity index (χ2v) is 6.18. The first kappa shape index (κ1) is 14.3. The van der Waals surface area contributed by atoms with Crippen LogP contribution in [0.4, 0.5) is 0 Å². The summed E-state index contributed by atoms with van der Waals surface area (Å²) in [4.78, 5) is 25.5. The van der Waals surface area contributed by atoms with Gasteiger partial charge in [0.15, 0.2) is 0 Å². The zero-order valence-corrected chi connectivity index (χ0v) is 11.9. The molecule has 0 aromatic carbocycles. The van der Waals surface area contributed by atoms with E-state index in [0.717, 1.165) is 25.7 Å². The maximum atomic E-state index is 12.3. The Hall–Kier alpha value is -1.10. The van der Waals surface area contributed by atoms with E-state index < -0.39 is 0 Å². The number of nitrogens with zero attached hydrogens (tertiary/aromatic N) is 1. The van der Waals surface area contributed by atoms with Crippen molar-refractivity contribution in [1.82, 2.24) is 10.2 Å². The normalized spacial score (nSPS) is 36.2. The Kier molecular flexibility index (Phi) is 4.45. The molecular formula is C14H25N3O2. The number of piperidine rings is 1. The molecule has 5 heteroatoms. The van der Waals surface area contributed by atoms with Gasteiger partial charge in [0.1, 0.15) is 0 Å². The van der Waals surface area contributed by atoms with Crippen molar-refractivity contribution in [2.75, 3.05) is 13.6 Å². The number of amides is 2. The van der Waals surface area contributed by atoms with Crippen LogP contribution in [0.1, 0.15) is 39.0 Å². The fourth-order valence-corrected chi connectivity index (χ4v) is 3.16. The van der Waals surface area contributed by atoms with Crippen LogP contribution < -0.4 is 11.1 Å². The van der Waals surface area contributed by atoms with Gasteiger partial charge >= 0.3 is 0 Å². The number of nitrogens with one attached hydrogen (secondary N) is 1. The van der Waals surface area contributed by atoms with Crippen LogP contribution in [-0.2, 0) is 9.59 Å². The fraction of sp³-hybridized carbons (Fsp3) is 0.857. The molecule has 1 aliphatic carbocycles. The third-order valence-electron chi connectivity index (χ3n) is 4.55. The highest BCUT2D eigenvalue weighted by Crippen LogP contribution is 2.29. The number of likely N-dealkylation sites (N-methyl/N-ethyl adjacent to an activating group) is 1. The Morgan fingerprint density at radius 1 is 1.37 bits per heavy atom. The third kappa shape index (κ3) is 3.47. The average molecular weight is 267 g/mol. The maximum Gasteiger partial charge on any atom is 0.223 e. The SMILES string of the molecule is CC1CCC(N)CC1C(=O)NC1CCC(=O)N(C)C1. The van der Waals surface area contributed by atoms with Crippen LogP contribution in [0.2, 0.25) is 0 Å². The van der Waals surface area contributed by atoms with Gasteiger partial charge in [0, 0.05) is 38.0 Å². The standard InChI is InChI=1S/C14H25N3O2/c1-9-3-4-10(15)7-12(9)14(19)16-11-5-6-13(18)17(2)8-11/h9-12H,3-8,15H2,1-2H3,(H,16,19). The molecule has 2 rings (SSSR count). The molecule has 3 N–H and O–H groups in total. The summed E-state index contributed by atoms with van der Waals surface area (Å²) in [5.41, 5.74) is 5.97. The summed E-state index contributed by atoms with van der Waals surface area (Å²) in [6.07, 6.45) is 4.12. The minimum absolute atomic E-state index is 0.0340. The summed E-state index contributed by atoms with van der Waals surface area (Å²) in [6.45, 7) is 2.75. The summed E-state index contributed by atoms with van der Waals surface area (Å²) in [7, 11) is 1.79. The van der Waals surface area contributed by atoms with Crippen LogP contribution in [-0.4, -0.2) is 42.4 Å². The number of carbonyl (C=O) groups excluding carboxylic acids is 2. The number of carbonyl (C=O) groups is 2. The predicted octanol–water partition coefficient (Wildman–Crippen LogP) is 0.487. The van der Waals surface area contributed by atoms with Crippen LogP contribution in [0.3, 0.4) is 0 Å². The Bertz CT molecular complexity index is 359. The predicted molar refractivity (Wildman–Crippen MR) is 73.3 cm³/mol. The van der Waals surface area contributed by atoms with E-state index in [2.05, 4.69) is 12.2 Å². The molecule has 2 aliphatic rings. The smallest absolute Gasteiger partial charge is 0.223 e. The lowest BCUT2D eigenvalue weighted by Gasteiger charge is -2.35. The Morgan fingerprint density at radius 3 is 2.79 bits per heavy atom. The molecule has 108 valence electrons. The van der Waals surface area contributed by atoms with Crippen LogP contribution in [0, 0.1) is 11.8 Å². The van der Waals surface area contributed by atoms with Crippen molar-refractivity contribution in [1.29, 1.82) is 0 Å². The highest BCUT2D eigenvalue weighted by Gasteiger charge is 2.33. The summed E-state index contributed by atoms with van der Waals surface area (Å²) >= 11 is 0. The molecule has 0 spiro atoms. The second-order valence-electron chi connectivity index (χ2n) is 6.18. The van der Waals surface area contributed by atoms with E-state index in [-0.39, 0.29) is 29.8 Å². The summed E-state index contributed by atoms with van der Waals surface area (Å²) in [5.74, 6) is 0.725. The first-order valence-corrected chi connectivity index (χ1v) is 7.27. The zero-order valence-electron chi connectivity index (χ0n) is 11.9. The van der Waals surface area contributed by atoms with Crippen LogP contribution in [0.15, 0.2) is 0 Å². The molecule has 2 fully saturated rings. The van der Waals surface area contributed by atoms with Gasteiger partial charge in [-0.2, -0.15) is 0 Å². The van der Waals surface area contributed by atoms with Crippen molar-refractivity contribution >= 4 is 11.8 Å². The number of nitrogens with two attached hydrogens (primary N) is 1. The van der Waals surface area contributed by atoms with E-state index in [9.17, 15) is 9.59 Å².